The smallest absolute Gasteiger partial charge is 0.213 e. The van der Waals surface area contributed by atoms with Crippen LogP contribution in [-0.2, 0) is 6.61 Å². The second-order valence-electron chi connectivity index (χ2n) is 6.39. The van der Waals surface area contributed by atoms with Crippen LogP contribution in [0.1, 0.15) is 22.6 Å². The van der Waals surface area contributed by atoms with Gasteiger partial charge in [0, 0.05) is 23.9 Å². The van der Waals surface area contributed by atoms with E-state index in [0.717, 1.165) is 21.8 Å². The average Bonchev–Trinajstić information content (AvgIpc) is 3.34. The molecule has 3 aromatic heterocycles. The standard InChI is InChI=1S/C20H17FN4O4S/c1-11-19(30-18(23-11)10-29-17-5-2-12(21)9-22-17)15-6-7-25(24-15)13-3-4-14(20(27)28)16(26)8-13/h2-9,20,26-28H,10H2,1H3. The molecule has 3 heterocycles. The van der Waals surface area contributed by atoms with Crippen molar-refractivity contribution in [1.82, 2.24) is 19.7 Å². The molecule has 3 N–H and O–H groups in total. The first-order valence-corrected chi connectivity index (χ1v) is 9.68. The van der Waals surface area contributed by atoms with E-state index in [0.29, 0.717) is 17.3 Å². The molecule has 0 spiro atoms. The van der Waals surface area contributed by atoms with Crippen LogP contribution < -0.4 is 4.74 Å². The number of phenols is 1. The second kappa shape index (κ2) is 8.19. The van der Waals surface area contributed by atoms with E-state index in [1.54, 1.807) is 16.9 Å². The van der Waals surface area contributed by atoms with Gasteiger partial charge in [-0.05, 0) is 31.2 Å². The van der Waals surface area contributed by atoms with Crippen LogP contribution in [0, 0.1) is 12.7 Å². The Morgan fingerprint density at radius 3 is 2.73 bits per heavy atom. The van der Waals surface area contributed by atoms with Gasteiger partial charge in [-0.2, -0.15) is 5.10 Å². The molecule has 0 aliphatic heterocycles. The lowest BCUT2D eigenvalue weighted by Crippen LogP contribution is -1.99. The number of pyridine rings is 1. The molecule has 1 aromatic carbocycles. The van der Waals surface area contributed by atoms with E-state index in [1.165, 1.54) is 35.6 Å². The van der Waals surface area contributed by atoms with Crippen LogP contribution >= 0.6 is 11.3 Å². The van der Waals surface area contributed by atoms with E-state index in [9.17, 15) is 19.7 Å². The molecule has 0 aliphatic carbocycles. The van der Waals surface area contributed by atoms with Crippen molar-refractivity contribution in [2.75, 3.05) is 0 Å². The van der Waals surface area contributed by atoms with Crippen LogP contribution in [0.2, 0.25) is 0 Å². The Balaban J connectivity index is 1.52. The number of thiazole rings is 1. The molecule has 8 nitrogen and oxygen atoms in total. The highest BCUT2D eigenvalue weighted by Crippen LogP contribution is 2.31. The molecule has 0 bridgehead atoms. The number of ether oxygens (including phenoxy) is 1. The molecule has 0 saturated heterocycles. The van der Waals surface area contributed by atoms with Crippen molar-refractivity contribution >= 4 is 11.3 Å². The van der Waals surface area contributed by atoms with Gasteiger partial charge in [0.2, 0.25) is 5.88 Å². The first-order valence-electron chi connectivity index (χ1n) is 8.87. The number of aromatic hydroxyl groups is 1. The zero-order valence-electron chi connectivity index (χ0n) is 15.7. The third-order valence-corrected chi connectivity index (χ3v) is 5.42. The normalized spacial score (nSPS) is 11.2. The number of phenolic OH excluding ortho intramolecular Hbond substituents is 1. The van der Waals surface area contributed by atoms with Gasteiger partial charge in [-0.3, -0.25) is 0 Å². The molecule has 0 atom stereocenters. The summed E-state index contributed by atoms with van der Waals surface area (Å²) in [6, 6.07) is 9.00. The van der Waals surface area contributed by atoms with Gasteiger partial charge in [0.25, 0.3) is 0 Å². The number of hydrogen-bond donors (Lipinski definition) is 3. The van der Waals surface area contributed by atoms with Gasteiger partial charge in [0.15, 0.2) is 6.29 Å². The second-order valence-corrected chi connectivity index (χ2v) is 7.47. The summed E-state index contributed by atoms with van der Waals surface area (Å²) in [5.74, 6) is -0.352. The molecule has 10 heteroatoms. The fraction of sp³-hybridized carbons (Fsp3) is 0.150. The molecule has 0 amide bonds. The van der Waals surface area contributed by atoms with Gasteiger partial charge in [0.1, 0.15) is 28.9 Å². The first-order chi connectivity index (χ1) is 14.4. The number of aliphatic hydroxyl groups excluding tert-OH is 1. The van der Waals surface area contributed by atoms with Crippen molar-refractivity contribution in [1.29, 1.82) is 0 Å². The van der Waals surface area contributed by atoms with Gasteiger partial charge >= 0.3 is 0 Å². The highest BCUT2D eigenvalue weighted by molar-refractivity contribution is 7.15. The van der Waals surface area contributed by atoms with Gasteiger partial charge in [-0.25, -0.2) is 19.0 Å². The number of nitrogens with zero attached hydrogens (tertiary/aromatic N) is 4. The third-order valence-electron chi connectivity index (χ3n) is 4.26. The maximum absolute atomic E-state index is 12.9. The van der Waals surface area contributed by atoms with Crippen molar-refractivity contribution in [3.63, 3.8) is 0 Å². The molecule has 0 saturated carbocycles. The lowest BCUT2D eigenvalue weighted by Gasteiger charge is -2.08. The Labute approximate surface area is 174 Å². The number of benzene rings is 1. The largest absolute Gasteiger partial charge is 0.507 e. The first kappa shape index (κ1) is 20.0. The minimum absolute atomic E-state index is 0.0183. The van der Waals surface area contributed by atoms with E-state index < -0.39 is 12.1 Å². The molecule has 4 rings (SSSR count). The van der Waals surface area contributed by atoms with E-state index in [1.807, 2.05) is 13.0 Å². The summed E-state index contributed by atoms with van der Waals surface area (Å²) >= 11 is 1.42. The predicted octanol–water partition coefficient (Wildman–Crippen LogP) is 3.11. The van der Waals surface area contributed by atoms with Crippen molar-refractivity contribution in [2.45, 2.75) is 19.8 Å². The average molecular weight is 428 g/mol. The molecule has 0 fully saturated rings. The molecule has 0 aliphatic rings. The zero-order chi connectivity index (χ0) is 21.3. The molecule has 4 aromatic rings. The fourth-order valence-electron chi connectivity index (χ4n) is 2.82. The minimum Gasteiger partial charge on any atom is -0.507 e. The Hall–Kier alpha value is -3.34. The fourth-order valence-corrected chi connectivity index (χ4v) is 3.76. The van der Waals surface area contributed by atoms with Gasteiger partial charge in [-0.15, -0.1) is 11.3 Å². The number of aryl methyl sites for hydroxylation is 1. The van der Waals surface area contributed by atoms with Crippen LogP contribution in [0.3, 0.4) is 0 Å². The Kier molecular flexibility index (Phi) is 5.44. The molecule has 0 radical (unpaired) electrons. The zero-order valence-corrected chi connectivity index (χ0v) is 16.5. The summed E-state index contributed by atoms with van der Waals surface area (Å²) in [5, 5.41) is 33.6. The monoisotopic (exact) mass is 428 g/mol. The summed E-state index contributed by atoms with van der Waals surface area (Å²) < 4.78 is 20.0. The van der Waals surface area contributed by atoms with Crippen molar-refractivity contribution in [3.8, 4) is 27.9 Å². The van der Waals surface area contributed by atoms with E-state index in [4.69, 9.17) is 4.74 Å². The van der Waals surface area contributed by atoms with Crippen LogP contribution in [-0.4, -0.2) is 35.1 Å². The van der Waals surface area contributed by atoms with Crippen LogP contribution in [0.4, 0.5) is 4.39 Å². The summed E-state index contributed by atoms with van der Waals surface area (Å²) in [6.07, 6.45) is 1.07. The number of rotatable bonds is 6. The molecule has 0 unspecified atom stereocenters. The highest BCUT2D eigenvalue weighted by Gasteiger charge is 2.15. The maximum Gasteiger partial charge on any atom is 0.213 e. The van der Waals surface area contributed by atoms with Crippen molar-refractivity contribution in [2.24, 2.45) is 0 Å². The number of hydrogen-bond acceptors (Lipinski definition) is 8. The van der Waals surface area contributed by atoms with Crippen LogP contribution in [0.5, 0.6) is 11.6 Å². The van der Waals surface area contributed by atoms with E-state index >= 15 is 0 Å². The summed E-state index contributed by atoms with van der Waals surface area (Å²) in [7, 11) is 0. The number of aliphatic hydroxyl groups is 2. The topological polar surface area (TPSA) is 114 Å². The van der Waals surface area contributed by atoms with Crippen LogP contribution in [0.25, 0.3) is 16.3 Å². The molecule has 30 heavy (non-hydrogen) atoms. The Bertz CT molecular complexity index is 1170. The van der Waals surface area contributed by atoms with Crippen LogP contribution in [0.15, 0.2) is 48.8 Å². The van der Waals surface area contributed by atoms with E-state index in [2.05, 4.69) is 15.1 Å². The predicted molar refractivity (Wildman–Crippen MR) is 107 cm³/mol. The van der Waals surface area contributed by atoms with Gasteiger partial charge < -0.3 is 20.1 Å². The van der Waals surface area contributed by atoms with E-state index in [-0.39, 0.29) is 17.9 Å². The van der Waals surface area contributed by atoms with Gasteiger partial charge in [-0.1, -0.05) is 0 Å². The minimum atomic E-state index is -1.75. The molecular formula is C20H17FN4O4S. The highest BCUT2D eigenvalue weighted by atomic mass is 32.1. The molecule has 154 valence electrons. The lowest BCUT2D eigenvalue weighted by molar-refractivity contribution is -0.0438. The Morgan fingerprint density at radius 1 is 1.20 bits per heavy atom. The lowest BCUT2D eigenvalue weighted by atomic mass is 10.2. The summed E-state index contributed by atoms with van der Waals surface area (Å²) in [4.78, 5) is 9.21. The third kappa shape index (κ3) is 4.15. The summed E-state index contributed by atoms with van der Waals surface area (Å²) in [6.45, 7) is 2.07. The summed E-state index contributed by atoms with van der Waals surface area (Å²) in [5.41, 5.74) is 2.07. The SMILES string of the molecule is Cc1nc(COc2ccc(F)cn2)sc1-c1ccn(-c2ccc(C(O)O)c(O)c2)n1. The Morgan fingerprint density at radius 2 is 2.03 bits per heavy atom. The van der Waals surface area contributed by atoms with Crippen molar-refractivity contribution < 1.29 is 24.4 Å². The van der Waals surface area contributed by atoms with Crippen molar-refractivity contribution in [3.05, 3.63) is 70.9 Å². The number of aromatic nitrogens is 4. The van der Waals surface area contributed by atoms with Gasteiger partial charge in [0.05, 0.1) is 22.5 Å². The quantitative estimate of drug-likeness (QED) is 0.404. The number of halogens is 1. The molecular weight excluding hydrogens is 411 g/mol. The maximum atomic E-state index is 12.9.